The summed E-state index contributed by atoms with van der Waals surface area (Å²) in [4.78, 5) is 3.17. The molecule has 110 valence electrons. The van der Waals surface area contributed by atoms with Crippen LogP contribution in [0, 0.1) is 0 Å². The van der Waals surface area contributed by atoms with E-state index in [1.54, 1.807) is 12.2 Å². The fourth-order valence-electron chi connectivity index (χ4n) is 2.18. The van der Waals surface area contributed by atoms with E-state index in [1.807, 2.05) is 30.3 Å². The van der Waals surface area contributed by atoms with Crippen LogP contribution in [0.3, 0.4) is 0 Å². The molecule has 7 heteroatoms. The average Bonchev–Trinajstić information content (AvgIpc) is 2.68. The van der Waals surface area contributed by atoms with Crippen LogP contribution in [0.4, 0.5) is 0 Å². The van der Waals surface area contributed by atoms with Gasteiger partial charge in [-0.1, -0.05) is 41.9 Å². The molecule has 21 heavy (non-hydrogen) atoms. The Balaban J connectivity index is 2.65. The maximum Gasteiger partial charge on any atom is 0.438 e. The van der Waals surface area contributed by atoms with Crippen molar-refractivity contribution in [1.82, 2.24) is 0 Å². The van der Waals surface area contributed by atoms with Crippen LogP contribution in [0.2, 0.25) is 0 Å². The third-order valence-corrected chi connectivity index (χ3v) is 5.36. The second-order valence-corrected chi connectivity index (χ2v) is 6.93. The van der Waals surface area contributed by atoms with Gasteiger partial charge in [-0.3, -0.25) is 0 Å². The highest BCUT2D eigenvalue weighted by Crippen LogP contribution is 2.52. The minimum Gasteiger partial charge on any atom is -0.361 e. The molecule has 0 heterocycles. The maximum absolute atomic E-state index is 12.6. The van der Waals surface area contributed by atoms with Crippen molar-refractivity contribution in [3.8, 4) is 0 Å². The molecule has 0 amide bonds. The first kappa shape index (κ1) is 15.9. The first-order valence-corrected chi connectivity index (χ1v) is 8.06. The minimum atomic E-state index is -3.69. The van der Waals surface area contributed by atoms with E-state index >= 15 is 0 Å². The van der Waals surface area contributed by atoms with Crippen molar-refractivity contribution in [1.29, 1.82) is 0 Å². The van der Waals surface area contributed by atoms with Crippen LogP contribution in [0.1, 0.15) is 17.0 Å². The van der Waals surface area contributed by atoms with Crippen LogP contribution in [-0.2, 0) is 13.6 Å². The minimum absolute atomic E-state index is 0.109. The van der Waals surface area contributed by atoms with Crippen molar-refractivity contribution in [3.05, 3.63) is 58.1 Å². The van der Waals surface area contributed by atoms with E-state index in [-0.39, 0.29) is 5.45 Å². The highest BCUT2D eigenvalue weighted by atomic mass is 35.5. The van der Waals surface area contributed by atoms with Gasteiger partial charge in [-0.05, 0) is 23.3 Å². The predicted octanol–water partition coefficient (Wildman–Crippen LogP) is 4.03. The number of allylic oxidation sites excluding steroid dienone is 3. The quantitative estimate of drug-likeness (QED) is 0.363. The number of hydrogen-bond acceptors (Lipinski definition) is 3. The first-order chi connectivity index (χ1) is 10.1. The van der Waals surface area contributed by atoms with Crippen molar-refractivity contribution < 1.29 is 18.4 Å². The van der Waals surface area contributed by atoms with Gasteiger partial charge in [0.05, 0.1) is 0 Å². The molecule has 2 rings (SSSR count). The fourth-order valence-corrected chi connectivity index (χ4v) is 3.56. The molecule has 1 atom stereocenters. The largest absolute Gasteiger partial charge is 0.438 e. The van der Waals surface area contributed by atoms with Gasteiger partial charge < -0.3 is 14.6 Å². The average molecular weight is 325 g/mol. The summed E-state index contributed by atoms with van der Waals surface area (Å²) in [5.41, 5.74) is 10.9. The van der Waals surface area contributed by atoms with Crippen LogP contribution in [-0.4, -0.2) is 24.5 Å². The molecule has 0 spiro atoms. The lowest BCUT2D eigenvalue weighted by atomic mass is 9.96. The number of benzene rings is 1. The van der Waals surface area contributed by atoms with E-state index in [0.717, 1.165) is 11.1 Å². The summed E-state index contributed by atoms with van der Waals surface area (Å²) in [5, 5.41) is 0.441. The molecular weight excluding hydrogens is 311 g/mol. The van der Waals surface area contributed by atoms with Gasteiger partial charge in [0.25, 0.3) is 0 Å². The Hall–Kier alpha value is -1.48. The van der Waals surface area contributed by atoms with E-state index in [2.05, 4.69) is 4.79 Å². The van der Waals surface area contributed by atoms with Crippen molar-refractivity contribution in [2.75, 3.05) is 14.2 Å². The SMILES string of the molecule is COP(=O)(OC)C(=[N+]=[N-])C1C=C(Cl)C=Cc2ccccc21. The van der Waals surface area contributed by atoms with Crippen LogP contribution in [0.15, 0.2) is 41.4 Å². The molecule has 0 fully saturated rings. The van der Waals surface area contributed by atoms with Gasteiger partial charge in [-0.2, -0.15) is 4.79 Å². The van der Waals surface area contributed by atoms with Gasteiger partial charge in [-0.15, -0.1) is 0 Å². The van der Waals surface area contributed by atoms with Gasteiger partial charge in [-0.25, -0.2) is 4.57 Å². The number of hydrogen-bond donors (Lipinski definition) is 0. The third-order valence-electron chi connectivity index (χ3n) is 3.22. The van der Waals surface area contributed by atoms with E-state index in [4.69, 9.17) is 20.6 Å². The molecule has 0 N–H and O–H groups in total. The Kier molecular flexibility index (Phi) is 4.94. The Morgan fingerprint density at radius 3 is 2.57 bits per heavy atom. The zero-order valence-electron chi connectivity index (χ0n) is 11.6. The molecule has 1 aliphatic carbocycles. The zero-order chi connectivity index (χ0) is 15.5. The van der Waals surface area contributed by atoms with E-state index in [0.29, 0.717) is 5.03 Å². The lowest BCUT2D eigenvalue weighted by Crippen LogP contribution is -2.15. The Bertz CT molecular complexity index is 700. The molecule has 1 unspecified atom stereocenters. The van der Waals surface area contributed by atoms with E-state index in [1.165, 1.54) is 14.2 Å². The molecule has 0 aromatic heterocycles. The maximum atomic E-state index is 12.6. The molecular formula is C14H14ClN2O3P. The molecule has 0 radical (unpaired) electrons. The molecule has 0 bridgehead atoms. The van der Waals surface area contributed by atoms with Crippen LogP contribution >= 0.6 is 19.2 Å². The summed E-state index contributed by atoms with van der Waals surface area (Å²) in [5.74, 6) is -0.612. The monoisotopic (exact) mass is 324 g/mol. The number of halogens is 1. The topological polar surface area (TPSA) is 71.9 Å². The van der Waals surface area contributed by atoms with Crippen molar-refractivity contribution in [2.24, 2.45) is 0 Å². The standard InChI is InChI=1S/C14H14ClN2O3P/c1-19-21(18,20-2)14(17-16)13-9-11(15)8-7-10-5-3-4-6-12(10)13/h3-9,13H,1-2H3. The summed E-state index contributed by atoms with van der Waals surface area (Å²) < 4.78 is 22.5. The lowest BCUT2D eigenvalue weighted by Gasteiger charge is -2.16. The van der Waals surface area contributed by atoms with Gasteiger partial charge >= 0.3 is 13.0 Å². The van der Waals surface area contributed by atoms with Crippen molar-refractivity contribution >= 4 is 30.7 Å². The van der Waals surface area contributed by atoms with E-state index in [9.17, 15) is 10.1 Å². The van der Waals surface area contributed by atoms with Gasteiger partial charge in [0, 0.05) is 19.3 Å². The third kappa shape index (κ3) is 3.08. The number of nitrogens with zero attached hydrogens (tertiary/aromatic N) is 2. The van der Waals surface area contributed by atoms with Gasteiger partial charge in [0.15, 0.2) is 0 Å². The summed E-state index contributed by atoms with van der Waals surface area (Å²) >= 11 is 6.11. The van der Waals surface area contributed by atoms with Gasteiger partial charge in [0.2, 0.25) is 0 Å². The highest BCUT2D eigenvalue weighted by molar-refractivity contribution is 7.72. The zero-order valence-corrected chi connectivity index (χ0v) is 13.2. The molecule has 0 aliphatic heterocycles. The Morgan fingerprint density at radius 1 is 1.29 bits per heavy atom. The predicted molar refractivity (Wildman–Crippen MR) is 82.4 cm³/mol. The summed E-state index contributed by atoms with van der Waals surface area (Å²) in [6.45, 7) is 0. The Morgan fingerprint density at radius 2 is 1.95 bits per heavy atom. The molecule has 0 saturated heterocycles. The van der Waals surface area contributed by atoms with E-state index < -0.39 is 13.5 Å². The number of rotatable bonds is 4. The second-order valence-electron chi connectivity index (χ2n) is 4.31. The summed E-state index contributed by atoms with van der Waals surface area (Å²) in [7, 11) is -1.22. The van der Waals surface area contributed by atoms with Crippen molar-refractivity contribution in [3.63, 3.8) is 0 Å². The fraction of sp³-hybridized carbons (Fsp3) is 0.214. The summed E-state index contributed by atoms with van der Waals surface area (Å²) in [6.07, 6.45) is 5.21. The van der Waals surface area contributed by atoms with Crippen LogP contribution < -0.4 is 0 Å². The normalized spacial score (nSPS) is 17.5. The molecule has 1 aliphatic rings. The smallest absolute Gasteiger partial charge is 0.361 e. The lowest BCUT2D eigenvalue weighted by molar-refractivity contribution is -0.00666. The second kappa shape index (κ2) is 6.52. The van der Waals surface area contributed by atoms with Gasteiger partial charge in [0.1, 0.15) is 5.92 Å². The van der Waals surface area contributed by atoms with Crippen LogP contribution in [0.5, 0.6) is 0 Å². The molecule has 1 aromatic carbocycles. The molecule has 0 saturated carbocycles. The first-order valence-electron chi connectivity index (χ1n) is 6.14. The number of fused-ring (bicyclic) bond motifs is 1. The molecule has 1 aromatic rings. The van der Waals surface area contributed by atoms with Crippen LogP contribution in [0.25, 0.3) is 11.6 Å². The molecule has 5 nitrogen and oxygen atoms in total. The Labute approximate surface area is 128 Å². The highest BCUT2D eigenvalue weighted by Gasteiger charge is 2.44. The summed E-state index contributed by atoms with van der Waals surface area (Å²) in [6, 6.07) is 7.45. The van der Waals surface area contributed by atoms with Crippen molar-refractivity contribution in [2.45, 2.75) is 5.92 Å².